The third-order valence-corrected chi connectivity index (χ3v) is 4.64. The van der Waals surface area contributed by atoms with Crippen LogP contribution < -0.4 is 5.32 Å². The van der Waals surface area contributed by atoms with Crippen molar-refractivity contribution in [3.63, 3.8) is 0 Å². The number of ether oxygens (including phenoxy) is 1. The molecule has 0 atom stereocenters. The summed E-state index contributed by atoms with van der Waals surface area (Å²) in [5.74, 6) is -0.274. The summed E-state index contributed by atoms with van der Waals surface area (Å²) in [4.78, 5) is 24.5. The van der Waals surface area contributed by atoms with Crippen molar-refractivity contribution in [2.24, 2.45) is 0 Å². The maximum atomic E-state index is 12.5. The molecule has 0 aliphatic rings. The number of hydrogen-bond donors (Lipinski definition) is 1. The quantitative estimate of drug-likeness (QED) is 0.374. The number of methoxy groups -OCH3 is 1. The van der Waals surface area contributed by atoms with E-state index in [1.165, 1.54) is 13.2 Å². The van der Waals surface area contributed by atoms with Crippen LogP contribution in [0.3, 0.4) is 0 Å². The van der Waals surface area contributed by atoms with Gasteiger partial charge in [-0.2, -0.15) is 5.26 Å². The van der Waals surface area contributed by atoms with Gasteiger partial charge in [0.1, 0.15) is 23.2 Å². The van der Waals surface area contributed by atoms with Gasteiger partial charge in [-0.3, -0.25) is 4.79 Å². The molecule has 2 aromatic carbocycles. The van der Waals surface area contributed by atoms with Crippen LogP contribution in [-0.4, -0.2) is 19.0 Å². The van der Waals surface area contributed by atoms with Gasteiger partial charge in [-0.1, -0.05) is 24.3 Å². The van der Waals surface area contributed by atoms with Crippen molar-refractivity contribution >= 4 is 23.6 Å². The molecule has 150 valence electrons. The van der Waals surface area contributed by atoms with Crippen molar-refractivity contribution in [1.29, 1.82) is 5.26 Å². The molecule has 3 aromatic rings. The molecule has 0 spiro atoms. The first-order valence-electron chi connectivity index (χ1n) is 9.21. The Morgan fingerprint density at radius 1 is 1.07 bits per heavy atom. The van der Waals surface area contributed by atoms with Crippen LogP contribution in [0.15, 0.2) is 64.6 Å². The van der Waals surface area contributed by atoms with Crippen LogP contribution in [0.1, 0.15) is 27.2 Å². The van der Waals surface area contributed by atoms with Crippen molar-refractivity contribution in [3.05, 3.63) is 82.6 Å². The van der Waals surface area contributed by atoms with Crippen molar-refractivity contribution in [3.8, 4) is 17.4 Å². The minimum absolute atomic E-state index is 0.101. The van der Waals surface area contributed by atoms with Crippen LogP contribution in [0.2, 0.25) is 0 Å². The average molecular weight is 400 g/mol. The summed E-state index contributed by atoms with van der Waals surface area (Å²) >= 11 is 0. The minimum Gasteiger partial charge on any atom is -0.465 e. The zero-order valence-electron chi connectivity index (χ0n) is 16.9. The number of furan rings is 1. The number of hydrogen-bond acceptors (Lipinski definition) is 5. The van der Waals surface area contributed by atoms with Gasteiger partial charge in [-0.15, -0.1) is 0 Å². The summed E-state index contributed by atoms with van der Waals surface area (Å²) in [5.41, 5.74) is 3.57. The predicted molar refractivity (Wildman–Crippen MR) is 114 cm³/mol. The van der Waals surface area contributed by atoms with Crippen molar-refractivity contribution in [1.82, 2.24) is 0 Å². The second kappa shape index (κ2) is 8.93. The van der Waals surface area contributed by atoms with Crippen molar-refractivity contribution < 1.29 is 18.7 Å². The highest BCUT2D eigenvalue weighted by atomic mass is 16.5. The highest BCUT2D eigenvalue weighted by molar-refractivity contribution is 6.09. The average Bonchev–Trinajstić information content (AvgIpc) is 3.22. The van der Waals surface area contributed by atoms with E-state index in [0.717, 1.165) is 11.1 Å². The fourth-order valence-electron chi connectivity index (χ4n) is 2.87. The number of nitrogens with zero attached hydrogens (tertiary/aromatic N) is 1. The highest BCUT2D eigenvalue weighted by Crippen LogP contribution is 2.27. The normalized spacial score (nSPS) is 10.9. The van der Waals surface area contributed by atoms with Crippen molar-refractivity contribution in [2.45, 2.75) is 13.8 Å². The van der Waals surface area contributed by atoms with E-state index in [9.17, 15) is 14.9 Å². The van der Waals surface area contributed by atoms with Gasteiger partial charge < -0.3 is 14.5 Å². The molecule has 0 aliphatic carbocycles. The SMILES string of the molecule is COC(=O)c1ccccc1-c1ccc(C=C(C#N)C(=O)Nc2ccc(C)c(C)c2)o1. The zero-order chi connectivity index (χ0) is 21.7. The lowest BCUT2D eigenvalue weighted by molar-refractivity contribution is -0.112. The Morgan fingerprint density at radius 2 is 1.83 bits per heavy atom. The van der Waals surface area contributed by atoms with Gasteiger partial charge >= 0.3 is 5.97 Å². The molecular weight excluding hydrogens is 380 g/mol. The van der Waals surface area contributed by atoms with E-state index in [2.05, 4.69) is 5.32 Å². The van der Waals surface area contributed by atoms with Crippen LogP contribution >= 0.6 is 0 Å². The van der Waals surface area contributed by atoms with Gasteiger partial charge in [0.2, 0.25) is 0 Å². The standard InChI is InChI=1S/C24H20N2O4/c1-15-8-9-18(12-16(15)2)26-23(27)17(14-25)13-19-10-11-22(30-19)20-6-4-5-7-21(20)24(28)29-3/h4-13H,1-3H3,(H,26,27). The lowest BCUT2D eigenvalue weighted by Crippen LogP contribution is -2.13. The van der Waals surface area contributed by atoms with Crippen LogP contribution in [0.5, 0.6) is 0 Å². The fourth-order valence-corrected chi connectivity index (χ4v) is 2.87. The Kier molecular flexibility index (Phi) is 6.14. The number of nitrogens with one attached hydrogen (secondary N) is 1. The summed E-state index contributed by atoms with van der Waals surface area (Å²) in [6, 6.07) is 17.6. The van der Waals surface area contributed by atoms with E-state index in [0.29, 0.717) is 28.3 Å². The van der Waals surface area contributed by atoms with Gasteiger partial charge in [0, 0.05) is 17.3 Å². The second-order valence-electron chi connectivity index (χ2n) is 6.66. The van der Waals surface area contributed by atoms with Gasteiger partial charge in [0.05, 0.1) is 12.7 Å². The number of carbonyl (C=O) groups is 2. The maximum Gasteiger partial charge on any atom is 0.338 e. The van der Waals surface area contributed by atoms with E-state index >= 15 is 0 Å². The highest BCUT2D eigenvalue weighted by Gasteiger charge is 2.16. The van der Waals surface area contributed by atoms with Crippen LogP contribution in [-0.2, 0) is 9.53 Å². The molecule has 1 aromatic heterocycles. The number of carbonyl (C=O) groups excluding carboxylic acids is 2. The van der Waals surface area contributed by atoms with Crippen molar-refractivity contribution in [2.75, 3.05) is 12.4 Å². The van der Waals surface area contributed by atoms with Crippen LogP contribution in [0, 0.1) is 25.2 Å². The first kappa shape index (κ1) is 20.6. The molecule has 3 rings (SSSR count). The number of benzene rings is 2. The summed E-state index contributed by atoms with van der Waals surface area (Å²) in [6.45, 7) is 3.93. The molecule has 30 heavy (non-hydrogen) atoms. The van der Waals surface area contributed by atoms with Gasteiger partial charge in [-0.05, 0) is 55.3 Å². The summed E-state index contributed by atoms with van der Waals surface area (Å²) in [5, 5.41) is 12.1. The van der Waals surface area contributed by atoms with Gasteiger partial charge in [0.15, 0.2) is 0 Å². The molecule has 0 unspecified atom stereocenters. The molecule has 0 saturated carbocycles. The molecule has 6 nitrogen and oxygen atoms in total. The second-order valence-corrected chi connectivity index (χ2v) is 6.66. The van der Waals surface area contributed by atoms with Gasteiger partial charge in [-0.25, -0.2) is 4.79 Å². The third-order valence-electron chi connectivity index (χ3n) is 4.64. The monoisotopic (exact) mass is 400 g/mol. The van der Waals surface area contributed by atoms with E-state index in [4.69, 9.17) is 9.15 Å². The minimum atomic E-state index is -0.534. The molecule has 6 heteroatoms. The molecule has 0 radical (unpaired) electrons. The number of nitriles is 1. The Labute approximate surface area is 174 Å². The maximum absolute atomic E-state index is 12.5. The van der Waals surface area contributed by atoms with E-state index in [1.54, 1.807) is 42.5 Å². The summed E-state index contributed by atoms with van der Waals surface area (Å²) in [6.07, 6.45) is 1.36. The predicted octanol–water partition coefficient (Wildman–Crippen LogP) is 4.90. The molecule has 0 aliphatic heterocycles. The number of amides is 1. The summed E-state index contributed by atoms with van der Waals surface area (Å²) in [7, 11) is 1.31. The van der Waals surface area contributed by atoms with E-state index < -0.39 is 11.9 Å². The number of rotatable bonds is 5. The van der Waals surface area contributed by atoms with Crippen LogP contribution in [0.25, 0.3) is 17.4 Å². The number of esters is 1. The lowest BCUT2D eigenvalue weighted by Gasteiger charge is -2.07. The first-order valence-corrected chi connectivity index (χ1v) is 9.21. The molecule has 1 amide bonds. The number of aryl methyl sites for hydroxylation is 2. The lowest BCUT2D eigenvalue weighted by atomic mass is 10.1. The molecule has 1 N–H and O–H groups in total. The molecule has 0 saturated heterocycles. The zero-order valence-corrected chi connectivity index (χ0v) is 16.9. The largest absolute Gasteiger partial charge is 0.465 e. The van der Waals surface area contributed by atoms with Gasteiger partial charge in [0.25, 0.3) is 5.91 Å². The van der Waals surface area contributed by atoms with Crippen LogP contribution in [0.4, 0.5) is 5.69 Å². The van der Waals surface area contributed by atoms with E-state index in [1.807, 2.05) is 32.0 Å². The topological polar surface area (TPSA) is 92.3 Å². The Bertz CT molecular complexity index is 1180. The van der Waals surface area contributed by atoms with E-state index in [-0.39, 0.29) is 5.57 Å². The fraction of sp³-hybridized carbons (Fsp3) is 0.125. The molecule has 1 heterocycles. The Hall–Kier alpha value is -4.11. The first-order chi connectivity index (χ1) is 14.4. The Morgan fingerprint density at radius 3 is 2.53 bits per heavy atom. The molecule has 0 fully saturated rings. The molecule has 0 bridgehead atoms. The number of anilines is 1. The third kappa shape index (κ3) is 4.47. The summed E-state index contributed by atoms with van der Waals surface area (Å²) < 4.78 is 10.6. The Balaban J connectivity index is 1.85. The molecular formula is C24H20N2O4. The smallest absolute Gasteiger partial charge is 0.338 e.